The second kappa shape index (κ2) is 6.80. The van der Waals surface area contributed by atoms with E-state index >= 15 is 0 Å². The monoisotopic (exact) mass is 354 g/mol. The molecular weight excluding hydrogens is 335 g/mol. The zero-order chi connectivity index (χ0) is 18.1. The van der Waals surface area contributed by atoms with Crippen LogP contribution in [0.1, 0.15) is 5.56 Å². The largest absolute Gasteiger partial charge is 0.422 e. The minimum absolute atomic E-state index is 0.234. The van der Waals surface area contributed by atoms with E-state index in [9.17, 15) is 14.3 Å². The van der Waals surface area contributed by atoms with Crippen LogP contribution in [0.2, 0.25) is 0 Å². The molecule has 134 valence electrons. The molecule has 2 aromatic carbocycles. The highest BCUT2D eigenvalue weighted by Gasteiger charge is 2.24. The van der Waals surface area contributed by atoms with Gasteiger partial charge in [-0.2, -0.15) is 0 Å². The molecular formula is C20H19FN2O3. The van der Waals surface area contributed by atoms with E-state index in [1.54, 1.807) is 18.2 Å². The maximum absolute atomic E-state index is 14.0. The minimum Gasteiger partial charge on any atom is -0.422 e. The number of rotatable bonds is 3. The number of nitrogens with zero attached hydrogens (tertiary/aromatic N) is 2. The highest BCUT2D eigenvalue weighted by atomic mass is 19.1. The standard InChI is InChI=1S/C20H19FN2O3/c21-16-6-2-3-7-17(16)22-9-11-23(12-10-22)19-14-5-1-4-8-18(14)26-20(25)15(19)13-24/h1-8,24H,9-13H2. The van der Waals surface area contributed by atoms with Crippen LogP contribution in [0.3, 0.4) is 0 Å². The number of aliphatic hydroxyl groups excluding tert-OH is 1. The fraction of sp³-hybridized carbons (Fsp3) is 0.250. The Hall–Kier alpha value is -2.86. The van der Waals surface area contributed by atoms with Gasteiger partial charge in [0.15, 0.2) is 0 Å². The summed E-state index contributed by atoms with van der Waals surface area (Å²) in [5.74, 6) is -0.234. The lowest BCUT2D eigenvalue weighted by molar-refractivity contribution is 0.276. The van der Waals surface area contributed by atoms with Gasteiger partial charge in [0.05, 0.1) is 23.5 Å². The lowest BCUT2D eigenvalue weighted by atomic mass is 10.1. The summed E-state index contributed by atoms with van der Waals surface area (Å²) >= 11 is 0. The van der Waals surface area contributed by atoms with Gasteiger partial charge in [0, 0.05) is 31.6 Å². The van der Waals surface area contributed by atoms with Gasteiger partial charge in [-0.3, -0.25) is 0 Å². The fourth-order valence-electron chi connectivity index (χ4n) is 3.55. The maximum Gasteiger partial charge on any atom is 0.343 e. The second-order valence-corrected chi connectivity index (χ2v) is 6.30. The summed E-state index contributed by atoms with van der Waals surface area (Å²) in [4.78, 5) is 16.3. The molecule has 0 aliphatic carbocycles. The number of para-hydroxylation sites is 2. The molecule has 1 aliphatic rings. The van der Waals surface area contributed by atoms with Crippen LogP contribution in [0.4, 0.5) is 15.8 Å². The third kappa shape index (κ3) is 2.82. The molecule has 0 unspecified atom stereocenters. The van der Waals surface area contributed by atoms with Crippen molar-refractivity contribution < 1.29 is 13.9 Å². The summed E-state index contributed by atoms with van der Waals surface area (Å²) in [5.41, 5.74) is 1.56. The smallest absolute Gasteiger partial charge is 0.343 e. The molecule has 1 aliphatic heterocycles. The molecule has 0 amide bonds. The molecule has 1 aromatic heterocycles. The Bertz CT molecular complexity index is 994. The van der Waals surface area contributed by atoms with Crippen molar-refractivity contribution in [1.82, 2.24) is 0 Å². The number of halogens is 1. The number of hydrogen-bond acceptors (Lipinski definition) is 5. The van der Waals surface area contributed by atoms with Crippen molar-refractivity contribution in [1.29, 1.82) is 0 Å². The molecule has 6 heteroatoms. The Morgan fingerprint density at radius 1 is 0.962 bits per heavy atom. The highest BCUT2D eigenvalue weighted by Crippen LogP contribution is 2.30. The van der Waals surface area contributed by atoms with E-state index in [0.717, 1.165) is 5.39 Å². The Balaban J connectivity index is 1.68. The molecule has 2 heterocycles. The molecule has 3 aromatic rings. The van der Waals surface area contributed by atoms with Gasteiger partial charge >= 0.3 is 5.63 Å². The maximum atomic E-state index is 14.0. The normalized spacial score (nSPS) is 14.8. The quantitative estimate of drug-likeness (QED) is 0.733. The van der Waals surface area contributed by atoms with Crippen LogP contribution in [0, 0.1) is 5.82 Å². The van der Waals surface area contributed by atoms with E-state index in [2.05, 4.69) is 4.90 Å². The van der Waals surface area contributed by atoms with Crippen LogP contribution < -0.4 is 15.4 Å². The van der Waals surface area contributed by atoms with Crippen molar-refractivity contribution in [2.45, 2.75) is 6.61 Å². The Morgan fingerprint density at radius 2 is 1.62 bits per heavy atom. The third-order valence-electron chi connectivity index (χ3n) is 4.82. The molecule has 0 radical (unpaired) electrons. The average molecular weight is 354 g/mol. The van der Waals surface area contributed by atoms with Crippen LogP contribution >= 0.6 is 0 Å². The Kier molecular flexibility index (Phi) is 4.34. The summed E-state index contributed by atoms with van der Waals surface area (Å²) in [7, 11) is 0. The predicted molar refractivity (Wildman–Crippen MR) is 99.2 cm³/mol. The van der Waals surface area contributed by atoms with Crippen LogP contribution in [0.25, 0.3) is 11.0 Å². The van der Waals surface area contributed by atoms with Crippen molar-refractivity contribution in [2.75, 3.05) is 36.0 Å². The lowest BCUT2D eigenvalue weighted by Gasteiger charge is -2.38. The molecule has 4 rings (SSSR count). The van der Waals surface area contributed by atoms with Gasteiger partial charge in [-0.1, -0.05) is 24.3 Å². The summed E-state index contributed by atoms with van der Waals surface area (Å²) in [5, 5.41) is 10.5. The summed E-state index contributed by atoms with van der Waals surface area (Å²) in [6.45, 7) is 2.11. The van der Waals surface area contributed by atoms with Crippen molar-refractivity contribution >= 4 is 22.3 Å². The first-order valence-corrected chi connectivity index (χ1v) is 8.59. The van der Waals surface area contributed by atoms with Crippen LogP contribution in [0.5, 0.6) is 0 Å². The Morgan fingerprint density at radius 3 is 2.35 bits per heavy atom. The summed E-state index contributed by atoms with van der Waals surface area (Å²) in [6.07, 6.45) is 0. The van der Waals surface area contributed by atoms with E-state index < -0.39 is 5.63 Å². The molecule has 0 spiro atoms. The summed E-state index contributed by atoms with van der Waals surface area (Å²) in [6, 6.07) is 14.1. The van der Waals surface area contributed by atoms with E-state index in [4.69, 9.17) is 4.42 Å². The van der Waals surface area contributed by atoms with E-state index in [-0.39, 0.29) is 18.0 Å². The zero-order valence-electron chi connectivity index (χ0n) is 14.2. The van der Waals surface area contributed by atoms with Gasteiger partial charge in [-0.15, -0.1) is 0 Å². The molecule has 5 nitrogen and oxygen atoms in total. The molecule has 0 bridgehead atoms. The number of piperazine rings is 1. The first kappa shape index (κ1) is 16.6. The van der Waals surface area contributed by atoms with E-state index in [1.807, 2.05) is 29.2 Å². The van der Waals surface area contributed by atoms with Crippen LogP contribution in [0.15, 0.2) is 57.7 Å². The van der Waals surface area contributed by atoms with Gasteiger partial charge in [0.25, 0.3) is 0 Å². The van der Waals surface area contributed by atoms with Crippen LogP contribution in [-0.2, 0) is 6.61 Å². The van der Waals surface area contributed by atoms with Gasteiger partial charge in [0.1, 0.15) is 11.4 Å². The second-order valence-electron chi connectivity index (χ2n) is 6.30. The van der Waals surface area contributed by atoms with Crippen molar-refractivity contribution in [3.8, 4) is 0 Å². The number of aliphatic hydroxyl groups is 1. The first-order chi connectivity index (χ1) is 12.7. The number of fused-ring (bicyclic) bond motifs is 1. The average Bonchev–Trinajstić information content (AvgIpc) is 2.67. The van der Waals surface area contributed by atoms with Gasteiger partial charge in [-0.05, 0) is 24.3 Å². The fourth-order valence-corrected chi connectivity index (χ4v) is 3.55. The van der Waals surface area contributed by atoms with E-state index in [0.29, 0.717) is 43.1 Å². The molecule has 1 N–H and O–H groups in total. The van der Waals surface area contributed by atoms with E-state index in [1.165, 1.54) is 6.07 Å². The van der Waals surface area contributed by atoms with Crippen molar-refractivity contribution in [2.24, 2.45) is 0 Å². The number of hydrogen-bond donors (Lipinski definition) is 1. The molecule has 0 atom stereocenters. The summed E-state index contributed by atoms with van der Waals surface area (Å²) < 4.78 is 19.4. The van der Waals surface area contributed by atoms with Gasteiger partial charge in [-0.25, -0.2) is 9.18 Å². The van der Waals surface area contributed by atoms with Crippen molar-refractivity contribution in [3.63, 3.8) is 0 Å². The van der Waals surface area contributed by atoms with Crippen molar-refractivity contribution in [3.05, 3.63) is 70.3 Å². The SMILES string of the molecule is O=c1oc2ccccc2c(N2CCN(c3ccccc3F)CC2)c1CO. The van der Waals surface area contributed by atoms with Crippen LogP contribution in [-0.4, -0.2) is 31.3 Å². The molecule has 1 fully saturated rings. The topological polar surface area (TPSA) is 56.9 Å². The first-order valence-electron chi connectivity index (χ1n) is 8.59. The third-order valence-corrected chi connectivity index (χ3v) is 4.82. The zero-order valence-corrected chi connectivity index (χ0v) is 14.2. The minimum atomic E-state index is -0.516. The number of anilines is 2. The molecule has 26 heavy (non-hydrogen) atoms. The van der Waals surface area contributed by atoms with Gasteiger partial charge in [0.2, 0.25) is 0 Å². The van der Waals surface area contributed by atoms with Gasteiger partial charge < -0.3 is 19.3 Å². The Labute approximate surface area is 149 Å². The number of benzene rings is 2. The highest BCUT2D eigenvalue weighted by molar-refractivity contribution is 5.92. The lowest BCUT2D eigenvalue weighted by Crippen LogP contribution is -2.47. The molecule has 0 saturated carbocycles. The predicted octanol–water partition coefficient (Wildman–Crippen LogP) is 2.75. The molecule has 1 saturated heterocycles.